The number of rotatable bonds is 6. The highest BCUT2D eigenvalue weighted by molar-refractivity contribution is 5.27. The van der Waals surface area contributed by atoms with Gasteiger partial charge in [0.15, 0.2) is 0 Å². The molecule has 0 bridgehead atoms. The number of benzene rings is 1. The Kier molecular flexibility index (Phi) is 5.53. The fraction of sp³-hybridized carbons (Fsp3) is 0.625. The molecule has 1 aromatic carbocycles. The Bertz CT molecular complexity index is 327. The first-order chi connectivity index (χ1) is 8.88. The molecule has 1 N–H and O–H groups in total. The molecule has 100 valence electrons. The zero-order valence-electron chi connectivity index (χ0n) is 11.5. The summed E-state index contributed by atoms with van der Waals surface area (Å²) < 4.78 is 5.80. The van der Waals surface area contributed by atoms with Crippen molar-refractivity contribution in [2.75, 3.05) is 13.2 Å². The summed E-state index contributed by atoms with van der Waals surface area (Å²) >= 11 is 0. The Labute approximate surface area is 111 Å². The molecule has 1 aliphatic heterocycles. The minimum Gasteiger partial charge on any atom is -0.494 e. The van der Waals surface area contributed by atoms with Gasteiger partial charge in [0, 0.05) is 6.04 Å². The van der Waals surface area contributed by atoms with Crippen LogP contribution in [0.4, 0.5) is 0 Å². The molecule has 0 spiro atoms. The molecule has 1 saturated heterocycles. The van der Waals surface area contributed by atoms with Crippen molar-refractivity contribution in [2.45, 2.75) is 51.5 Å². The normalized spacial score (nSPS) is 19.7. The van der Waals surface area contributed by atoms with E-state index in [2.05, 4.69) is 36.5 Å². The van der Waals surface area contributed by atoms with Gasteiger partial charge in [0.1, 0.15) is 5.75 Å². The SMILES string of the molecule is CCCc1ccc(OCCC2CCCCN2)cc1. The Morgan fingerprint density at radius 3 is 2.72 bits per heavy atom. The summed E-state index contributed by atoms with van der Waals surface area (Å²) in [6.07, 6.45) is 7.48. The van der Waals surface area contributed by atoms with Gasteiger partial charge in [-0.2, -0.15) is 0 Å². The maximum Gasteiger partial charge on any atom is 0.119 e. The zero-order chi connectivity index (χ0) is 12.6. The van der Waals surface area contributed by atoms with Crippen LogP contribution in [0.25, 0.3) is 0 Å². The van der Waals surface area contributed by atoms with Gasteiger partial charge in [0.25, 0.3) is 0 Å². The number of nitrogens with one attached hydrogen (secondary N) is 1. The maximum absolute atomic E-state index is 5.80. The molecule has 1 unspecified atom stereocenters. The molecule has 2 heteroatoms. The van der Waals surface area contributed by atoms with Gasteiger partial charge in [-0.1, -0.05) is 31.9 Å². The van der Waals surface area contributed by atoms with Gasteiger partial charge >= 0.3 is 0 Å². The Morgan fingerprint density at radius 2 is 2.06 bits per heavy atom. The Hall–Kier alpha value is -1.02. The molecular formula is C16H25NO. The lowest BCUT2D eigenvalue weighted by Crippen LogP contribution is -2.35. The van der Waals surface area contributed by atoms with E-state index in [-0.39, 0.29) is 0 Å². The second-order valence-electron chi connectivity index (χ2n) is 5.18. The van der Waals surface area contributed by atoms with E-state index >= 15 is 0 Å². The van der Waals surface area contributed by atoms with Gasteiger partial charge in [0.05, 0.1) is 6.61 Å². The van der Waals surface area contributed by atoms with E-state index in [1.54, 1.807) is 0 Å². The largest absolute Gasteiger partial charge is 0.494 e. The number of hydrogen-bond acceptors (Lipinski definition) is 2. The first kappa shape index (κ1) is 13.4. The molecule has 1 aliphatic rings. The summed E-state index contributed by atoms with van der Waals surface area (Å²) in [7, 11) is 0. The quantitative estimate of drug-likeness (QED) is 0.830. The molecule has 0 amide bonds. The molecule has 1 atom stereocenters. The molecule has 0 radical (unpaired) electrons. The Balaban J connectivity index is 1.69. The second-order valence-corrected chi connectivity index (χ2v) is 5.18. The molecule has 18 heavy (non-hydrogen) atoms. The molecule has 2 nitrogen and oxygen atoms in total. The van der Waals surface area contributed by atoms with Gasteiger partial charge < -0.3 is 10.1 Å². The molecule has 2 rings (SSSR count). The third kappa shape index (κ3) is 4.34. The van der Waals surface area contributed by atoms with Crippen molar-refractivity contribution in [1.82, 2.24) is 5.32 Å². The van der Waals surface area contributed by atoms with Gasteiger partial charge in [-0.25, -0.2) is 0 Å². The van der Waals surface area contributed by atoms with Gasteiger partial charge in [-0.05, 0) is 49.9 Å². The van der Waals surface area contributed by atoms with Gasteiger partial charge in [-0.3, -0.25) is 0 Å². The maximum atomic E-state index is 5.80. The van der Waals surface area contributed by atoms with Crippen LogP contribution in [0, 0.1) is 0 Å². The fourth-order valence-electron chi connectivity index (χ4n) is 2.53. The van der Waals surface area contributed by atoms with E-state index in [9.17, 15) is 0 Å². The minimum atomic E-state index is 0.665. The zero-order valence-corrected chi connectivity index (χ0v) is 11.5. The number of ether oxygens (including phenoxy) is 1. The lowest BCUT2D eigenvalue weighted by atomic mass is 10.0. The summed E-state index contributed by atoms with van der Waals surface area (Å²) in [5, 5.41) is 3.55. The van der Waals surface area contributed by atoms with Crippen LogP contribution in [0.1, 0.15) is 44.6 Å². The molecule has 1 aromatic rings. The lowest BCUT2D eigenvalue weighted by molar-refractivity contribution is 0.268. The molecule has 0 saturated carbocycles. The van der Waals surface area contributed by atoms with Crippen LogP contribution in [0.5, 0.6) is 5.75 Å². The third-order valence-electron chi connectivity index (χ3n) is 3.61. The average molecular weight is 247 g/mol. The smallest absolute Gasteiger partial charge is 0.119 e. The third-order valence-corrected chi connectivity index (χ3v) is 3.61. The monoisotopic (exact) mass is 247 g/mol. The molecule has 1 fully saturated rings. The van der Waals surface area contributed by atoms with Gasteiger partial charge in [0.2, 0.25) is 0 Å². The number of hydrogen-bond donors (Lipinski definition) is 1. The molecule has 1 heterocycles. The van der Waals surface area contributed by atoms with Crippen LogP contribution in [0.2, 0.25) is 0 Å². The standard InChI is InChI=1S/C16H25NO/c1-2-5-14-7-9-16(10-8-14)18-13-11-15-6-3-4-12-17-15/h7-10,15,17H,2-6,11-13H2,1H3. The fourth-order valence-corrected chi connectivity index (χ4v) is 2.53. The summed E-state index contributed by atoms with van der Waals surface area (Å²) in [6.45, 7) is 4.21. The van der Waals surface area contributed by atoms with E-state index in [0.29, 0.717) is 6.04 Å². The summed E-state index contributed by atoms with van der Waals surface area (Å²) in [5.41, 5.74) is 1.40. The number of aryl methyl sites for hydroxylation is 1. The van der Waals surface area contributed by atoms with E-state index in [1.165, 1.54) is 37.8 Å². The van der Waals surface area contributed by atoms with Crippen molar-refractivity contribution in [3.8, 4) is 5.75 Å². The summed E-state index contributed by atoms with van der Waals surface area (Å²) in [4.78, 5) is 0. The van der Waals surface area contributed by atoms with Crippen LogP contribution in [0.15, 0.2) is 24.3 Å². The van der Waals surface area contributed by atoms with Crippen LogP contribution in [-0.2, 0) is 6.42 Å². The predicted molar refractivity (Wildman–Crippen MR) is 76.2 cm³/mol. The lowest BCUT2D eigenvalue weighted by Gasteiger charge is -2.23. The minimum absolute atomic E-state index is 0.665. The first-order valence-electron chi connectivity index (χ1n) is 7.33. The van der Waals surface area contributed by atoms with Crippen LogP contribution >= 0.6 is 0 Å². The summed E-state index contributed by atoms with van der Waals surface area (Å²) in [5.74, 6) is 1.01. The van der Waals surface area contributed by atoms with E-state index in [1.807, 2.05) is 0 Å². The first-order valence-corrected chi connectivity index (χ1v) is 7.33. The number of piperidine rings is 1. The van der Waals surface area contributed by atoms with Crippen LogP contribution in [0.3, 0.4) is 0 Å². The van der Waals surface area contributed by atoms with Crippen molar-refractivity contribution in [2.24, 2.45) is 0 Å². The molecule has 0 aliphatic carbocycles. The highest BCUT2D eigenvalue weighted by Gasteiger charge is 2.11. The van der Waals surface area contributed by atoms with Gasteiger partial charge in [-0.15, -0.1) is 0 Å². The predicted octanol–water partition coefficient (Wildman–Crippen LogP) is 3.55. The van der Waals surface area contributed by atoms with E-state index in [4.69, 9.17) is 4.74 Å². The average Bonchev–Trinajstić information content (AvgIpc) is 2.42. The topological polar surface area (TPSA) is 21.3 Å². The second kappa shape index (κ2) is 7.42. The van der Waals surface area contributed by atoms with Crippen molar-refractivity contribution in [3.63, 3.8) is 0 Å². The van der Waals surface area contributed by atoms with Crippen molar-refractivity contribution in [1.29, 1.82) is 0 Å². The van der Waals surface area contributed by atoms with Crippen LogP contribution < -0.4 is 10.1 Å². The van der Waals surface area contributed by atoms with E-state index in [0.717, 1.165) is 25.2 Å². The Morgan fingerprint density at radius 1 is 1.22 bits per heavy atom. The van der Waals surface area contributed by atoms with Crippen molar-refractivity contribution in [3.05, 3.63) is 29.8 Å². The summed E-state index contributed by atoms with van der Waals surface area (Å²) in [6, 6.07) is 9.21. The van der Waals surface area contributed by atoms with Crippen LogP contribution in [-0.4, -0.2) is 19.2 Å². The highest BCUT2D eigenvalue weighted by atomic mass is 16.5. The molecular weight excluding hydrogens is 222 g/mol. The molecule has 0 aromatic heterocycles. The van der Waals surface area contributed by atoms with E-state index < -0.39 is 0 Å². The van der Waals surface area contributed by atoms with Crippen molar-refractivity contribution < 1.29 is 4.74 Å². The highest BCUT2D eigenvalue weighted by Crippen LogP contribution is 2.15. The van der Waals surface area contributed by atoms with Crippen molar-refractivity contribution >= 4 is 0 Å².